The normalized spacial score (nSPS) is 14.5. The van der Waals surface area contributed by atoms with Gasteiger partial charge in [0.05, 0.1) is 11.1 Å². The number of rotatable bonds is 2. The predicted octanol–water partition coefficient (Wildman–Crippen LogP) is 4.54. The van der Waals surface area contributed by atoms with Crippen LogP contribution in [-0.2, 0) is 9.59 Å². The van der Waals surface area contributed by atoms with Crippen LogP contribution >= 0.6 is 47.8 Å². The molecule has 0 saturated heterocycles. The Kier molecular flexibility index (Phi) is 4.34. The number of benzene rings is 2. The summed E-state index contributed by atoms with van der Waals surface area (Å²) >= 11 is 10.4. The van der Waals surface area contributed by atoms with Crippen molar-refractivity contribution >= 4 is 70.8 Å². The topological polar surface area (TPSA) is 46.2 Å². The van der Waals surface area contributed by atoms with Crippen molar-refractivity contribution in [1.29, 1.82) is 0 Å². The van der Waals surface area contributed by atoms with E-state index >= 15 is 0 Å². The lowest BCUT2D eigenvalue weighted by atomic mass is 9.96. The van der Waals surface area contributed by atoms with Crippen LogP contribution in [0.1, 0.15) is 11.1 Å². The number of imide groups is 1. The van der Waals surface area contributed by atoms with Crippen LogP contribution in [0.25, 0.3) is 11.1 Å². The van der Waals surface area contributed by atoms with E-state index in [1.807, 2.05) is 36.4 Å². The molecule has 2 aromatic carbocycles. The molecule has 0 radical (unpaired) electrons. The van der Waals surface area contributed by atoms with Crippen LogP contribution < -0.4 is 5.32 Å². The highest BCUT2D eigenvalue weighted by Crippen LogP contribution is 2.40. The third kappa shape index (κ3) is 2.59. The van der Waals surface area contributed by atoms with Crippen molar-refractivity contribution in [2.24, 2.45) is 0 Å². The summed E-state index contributed by atoms with van der Waals surface area (Å²) in [4.78, 5) is 24.5. The highest BCUT2D eigenvalue weighted by molar-refractivity contribution is 9.14. The second-order valence-electron chi connectivity index (χ2n) is 4.62. The average molecular weight is 486 g/mol. The monoisotopic (exact) mass is 483 g/mol. The number of halogens is 3. The number of nitrogens with one attached hydrogen (secondary N) is 1. The third-order valence-electron chi connectivity index (χ3n) is 3.30. The van der Waals surface area contributed by atoms with Crippen LogP contribution in [0, 0.1) is 0 Å². The molecule has 2 aromatic rings. The molecule has 0 unspecified atom stereocenters. The lowest BCUT2D eigenvalue weighted by molar-refractivity contribution is -0.122. The molecule has 22 heavy (non-hydrogen) atoms. The molecule has 1 heterocycles. The van der Waals surface area contributed by atoms with E-state index in [0.29, 0.717) is 22.3 Å². The van der Waals surface area contributed by atoms with Crippen LogP contribution in [0.15, 0.2) is 55.9 Å². The van der Waals surface area contributed by atoms with E-state index < -0.39 is 5.91 Å². The molecule has 3 nitrogen and oxygen atoms in total. The zero-order valence-electron chi connectivity index (χ0n) is 11.0. The maximum atomic E-state index is 12.3. The summed E-state index contributed by atoms with van der Waals surface area (Å²) in [7, 11) is 0. The van der Waals surface area contributed by atoms with Gasteiger partial charge in [-0.1, -0.05) is 36.4 Å². The molecule has 1 aliphatic rings. The van der Waals surface area contributed by atoms with Gasteiger partial charge in [-0.15, -0.1) is 0 Å². The minimum Gasteiger partial charge on any atom is -0.288 e. The van der Waals surface area contributed by atoms with Gasteiger partial charge in [-0.3, -0.25) is 14.9 Å². The van der Waals surface area contributed by atoms with Crippen LogP contribution in [0.3, 0.4) is 0 Å². The Bertz CT molecular complexity index is 829. The van der Waals surface area contributed by atoms with Crippen LogP contribution in [0.2, 0.25) is 0 Å². The lowest BCUT2D eigenvalue weighted by Crippen LogP contribution is -2.22. The van der Waals surface area contributed by atoms with Crippen LogP contribution in [0.4, 0.5) is 0 Å². The fourth-order valence-electron chi connectivity index (χ4n) is 2.31. The zero-order chi connectivity index (χ0) is 15.9. The van der Waals surface area contributed by atoms with Gasteiger partial charge in [0.2, 0.25) is 0 Å². The van der Waals surface area contributed by atoms with E-state index in [4.69, 9.17) is 0 Å². The van der Waals surface area contributed by atoms with E-state index in [2.05, 4.69) is 53.1 Å². The maximum absolute atomic E-state index is 12.3. The summed E-state index contributed by atoms with van der Waals surface area (Å²) in [6.45, 7) is 0. The quantitative estimate of drug-likeness (QED) is 0.501. The van der Waals surface area contributed by atoms with Gasteiger partial charge in [-0.2, -0.15) is 0 Å². The fourth-order valence-corrected chi connectivity index (χ4v) is 3.80. The SMILES string of the molecule is O=C1NC(=O)C(c2ccc(Br)c(Br)c2Br)=C1c1ccccc1. The van der Waals surface area contributed by atoms with Gasteiger partial charge in [0.1, 0.15) is 0 Å². The summed E-state index contributed by atoms with van der Waals surface area (Å²) in [6.07, 6.45) is 0. The van der Waals surface area contributed by atoms with Crippen molar-refractivity contribution in [2.75, 3.05) is 0 Å². The van der Waals surface area contributed by atoms with E-state index in [9.17, 15) is 9.59 Å². The summed E-state index contributed by atoms with van der Waals surface area (Å²) in [5.41, 5.74) is 2.14. The molecule has 0 atom stereocenters. The largest absolute Gasteiger partial charge is 0.288 e. The number of hydrogen-bond donors (Lipinski definition) is 1. The molecule has 0 aromatic heterocycles. The average Bonchev–Trinajstić information content (AvgIpc) is 2.80. The molecule has 2 amide bonds. The molecule has 6 heteroatoms. The Morgan fingerprint density at radius 2 is 1.36 bits per heavy atom. The van der Waals surface area contributed by atoms with Gasteiger partial charge < -0.3 is 0 Å². The Morgan fingerprint density at radius 3 is 2.05 bits per heavy atom. The second kappa shape index (κ2) is 6.10. The number of hydrogen-bond acceptors (Lipinski definition) is 2. The molecule has 0 saturated carbocycles. The molecular formula is C16H8Br3NO2. The summed E-state index contributed by atoms with van der Waals surface area (Å²) in [6, 6.07) is 12.8. The first-order chi connectivity index (χ1) is 10.5. The van der Waals surface area contributed by atoms with Crippen LogP contribution in [0.5, 0.6) is 0 Å². The minimum absolute atomic E-state index is 0.372. The predicted molar refractivity (Wildman–Crippen MR) is 95.9 cm³/mol. The zero-order valence-corrected chi connectivity index (χ0v) is 15.7. The van der Waals surface area contributed by atoms with Crippen molar-refractivity contribution in [1.82, 2.24) is 5.32 Å². The molecule has 0 spiro atoms. The highest BCUT2D eigenvalue weighted by Gasteiger charge is 2.33. The Morgan fingerprint density at radius 1 is 0.727 bits per heavy atom. The number of amides is 2. The van der Waals surface area contributed by atoms with Gasteiger partial charge in [0.25, 0.3) is 11.8 Å². The van der Waals surface area contributed by atoms with E-state index in [-0.39, 0.29) is 5.91 Å². The van der Waals surface area contributed by atoms with Gasteiger partial charge in [0, 0.05) is 19.0 Å². The number of carbonyl (C=O) groups excluding carboxylic acids is 2. The van der Waals surface area contributed by atoms with E-state index in [1.54, 1.807) is 6.07 Å². The van der Waals surface area contributed by atoms with E-state index in [1.165, 1.54) is 0 Å². The highest BCUT2D eigenvalue weighted by atomic mass is 79.9. The summed E-state index contributed by atoms with van der Waals surface area (Å²) < 4.78 is 2.36. The van der Waals surface area contributed by atoms with Gasteiger partial charge in [-0.05, 0) is 59.4 Å². The van der Waals surface area contributed by atoms with Crippen molar-refractivity contribution in [2.45, 2.75) is 0 Å². The molecule has 0 bridgehead atoms. The van der Waals surface area contributed by atoms with Crippen molar-refractivity contribution < 1.29 is 9.59 Å². The molecule has 0 aliphatic carbocycles. The lowest BCUT2D eigenvalue weighted by Gasteiger charge is -2.09. The Hall–Kier alpha value is -1.24. The smallest absolute Gasteiger partial charge is 0.259 e. The standard InChI is InChI=1S/C16H8Br3NO2/c17-10-7-6-9(13(18)14(10)19)12-11(15(21)20-16(12)22)8-4-2-1-3-5-8/h1-7H,(H,20,21,22). The van der Waals surface area contributed by atoms with Gasteiger partial charge in [-0.25, -0.2) is 0 Å². The molecule has 0 fully saturated rings. The van der Waals surface area contributed by atoms with Crippen molar-refractivity contribution in [3.05, 3.63) is 67.0 Å². The van der Waals surface area contributed by atoms with Crippen molar-refractivity contribution in [3.8, 4) is 0 Å². The molecule has 110 valence electrons. The van der Waals surface area contributed by atoms with E-state index in [0.717, 1.165) is 13.4 Å². The molecule has 1 aliphatic heterocycles. The van der Waals surface area contributed by atoms with Gasteiger partial charge in [0.15, 0.2) is 0 Å². The number of carbonyl (C=O) groups is 2. The molecule has 1 N–H and O–H groups in total. The molecule has 3 rings (SSSR count). The third-order valence-corrected chi connectivity index (χ3v) is 6.67. The Balaban J connectivity index is 2.30. The summed E-state index contributed by atoms with van der Waals surface area (Å²) in [5, 5.41) is 2.38. The molecular weight excluding hydrogens is 478 g/mol. The first-order valence-corrected chi connectivity index (χ1v) is 8.68. The van der Waals surface area contributed by atoms with Crippen molar-refractivity contribution in [3.63, 3.8) is 0 Å². The second-order valence-corrected chi connectivity index (χ2v) is 7.06. The summed E-state index contributed by atoms with van der Waals surface area (Å²) in [5.74, 6) is -0.768. The fraction of sp³-hybridized carbons (Fsp3) is 0. The van der Waals surface area contributed by atoms with Gasteiger partial charge >= 0.3 is 0 Å². The first kappa shape index (κ1) is 15.6. The maximum Gasteiger partial charge on any atom is 0.259 e. The first-order valence-electron chi connectivity index (χ1n) is 6.30. The van der Waals surface area contributed by atoms with Crippen LogP contribution in [-0.4, -0.2) is 11.8 Å². The Labute approximate surface area is 152 Å². The minimum atomic E-state index is -0.390.